The standard InChI is InChI=1S/C14H22FN3O/c1-10(2)17-14(3,13(16)19)9-18(4)12-7-5-6-11(15)8-12/h5-8,10,17H,9H2,1-4H3,(H2,16,19). The predicted octanol–water partition coefficient (Wildman–Crippen LogP) is 1.50. The Morgan fingerprint density at radius 3 is 2.63 bits per heavy atom. The molecule has 106 valence electrons. The minimum Gasteiger partial charge on any atom is -0.372 e. The van der Waals surface area contributed by atoms with Crippen LogP contribution < -0.4 is 16.0 Å². The number of anilines is 1. The average Bonchev–Trinajstić information content (AvgIpc) is 2.27. The molecule has 4 nitrogen and oxygen atoms in total. The van der Waals surface area contributed by atoms with Crippen molar-refractivity contribution in [3.63, 3.8) is 0 Å². The second kappa shape index (κ2) is 6.02. The summed E-state index contributed by atoms with van der Waals surface area (Å²) in [5.74, 6) is -0.730. The van der Waals surface area contributed by atoms with Gasteiger partial charge in [0.2, 0.25) is 5.91 Å². The molecular weight excluding hydrogens is 245 g/mol. The van der Waals surface area contributed by atoms with Crippen LogP contribution in [-0.4, -0.2) is 31.1 Å². The quantitative estimate of drug-likeness (QED) is 0.821. The molecule has 3 N–H and O–H groups in total. The molecule has 0 spiro atoms. The number of nitrogens with one attached hydrogen (secondary N) is 1. The lowest BCUT2D eigenvalue weighted by atomic mass is 9.99. The summed E-state index contributed by atoms with van der Waals surface area (Å²) in [5.41, 5.74) is 5.31. The molecule has 0 aliphatic heterocycles. The molecule has 1 aromatic carbocycles. The Kier molecular flexibility index (Phi) is 4.89. The maximum Gasteiger partial charge on any atom is 0.239 e. The van der Waals surface area contributed by atoms with Crippen LogP contribution in [0.25, 0.3) is 0 Å². The van der Waals surface area contributed by atoms with Crippen LogP contribution in [0.2, 0.25) is 0 Å². The molecule has 0 heterocycles. The minimum atomic E-state index is -0.866. The minimum absolute atomic E-state index is 0.124. The Balaban J connectivity index is 2.88. The third-order valence-corrected chi connectivity index (χ3v) is 2.95. The van der Waals surface area contributed by atoms with Gasteiger partial charge in [0, 0.05) is 25.3 Å². The van der Waals surface area contributed by atoms with E-state index in [0.29, 0.717) is 12.2 Å². The Morgan fingerprint density at radius 1 is 1.53 bits per heavy atom. The first-order chi connectivity index (χ1) is 8.74. The van der Waals surface area contributed by atoms with E-state index in [0.717, 1.165) is 0 Å². The van der Waals surface area contributed by atoms with E-state index in [1.807, 2.05) is 18.7 Å². The summed E-state index contributed by atoms with van der Waals surface area (Å²) < 4.78 is 13.2. The largest absolute Gasteiger partial charge is 0.372 e. The van der Waals surface area contributed by atoms with Crippen molar-refractivity contribution in [3.8, 4) is 0 Å². The van der Waals surface area contributed by atoms with E-state index in [1.165, 1.54) is 12.1 Å². The van der Waals surface area contributed by atoms with Crippen LogP contribution in [0.15, 0.2) is 24.3 Å². The molecule has 0 aromatic heterocycles. The fourth-order valence-corrected chi connectivity index (χ4v) is 2.11. The van der Waals surface area contributed by atoms with E-state index in [-0.39, 0.29) is 11.9 Å². The molecule has 1 atom stereocenters. The number of benzene rings is 1. The summed E-state index contributed by atoms with van der Waals surface area (Å²) in [7, 11) is 1.80. The Bertz CT molecular complexity index is 450. The normalized spacial score (nSPS) is 14.2. The fraction of sp³-hybridized carbons (Fsp3) is 0.500. The van der Waals surface area contributed by atoms with Gasteiger partial charge in [0.1, 0.15) is 11.4 Å². The Morgan fingerprint density at radius 2 is 2.16 bits per heavy atom. The van der Waals surface area contributed by atoms with Gasteiger partial charge in [-0.1, -0.05) is 6.07 Å². The lowest BCUT2D eigenvalue weighted by Crippen LogP contribution is -2.61. The molecule has 5 heteroatoms. The van der Waals surface area contributed by atoms with Gasteiger partial charge in [-0.25, -0.2) is 4.39 Å². The van der Waals surface area contributed by atoms with Gasteiger partial charge in [0.25, 0.3) is 0 Å². The van der Waals surface area contributed by atoms with Crippen LogP contribution in [0.3, 0.4) is 0 Å². The second-order valence-corrected chi connectivity index (χ2v) is 5.33. The van der Waals surface area contributed by atoms with Crippen LogP contribution in [-0.2, 0) is 4.79 Å². The van der Waals surface area contributed by atoms with Gasteiger partial charge < -0.3 is 10.6 Å². The fourth-order valence-electron chi connectivity index (χ4n) is 2.11. The number of hydrogen-bond acceptors (Lipinski definition) is 3. The smallest absolute Gasteiger partial charge is 0.239 e. The summed E-state index contributed by atoms with van der Waals surface area (Å²) in [6.45, 7) is 6.02. The lowest BCUT2D eigenvalue weighted by Gasteiger charge is -2.34. The maximum atomic E-state index is 13.2. The first kappa shape index (κ1) is 15.4. The Labute approximate surface area is 113 Å². The molecule has 1 rings (SSSR count). The summed E-state index contributed by atoms with van der Waals surface area (Å²) in [6, 6.07) is 6.37. The highest BCUT2D eigenvalue weighted by Crippen LogP contribution is 2.17. The number of rotatable bonds is 6. The average molecular weight is 267 g/mol. The number of nitrogens with two attached hydrogens (primary N) is 1. The summed E-state index contributed by atoms with van der Waals surface area (Å²) in [6.07, 6.45) is 0. The molecule has 0 saturated carbocycles. The highest BCUT2D eigenvalue weighted by Gasteiger charge is 2.33. The van der Waals surface area contributed by atoms with Crippen LogP contribution in [0, 0.1) is 5.82 Å². The molecule has 0 saturated heterocycles. The zero-order valence-electron chi connectivity index (χ0n) is 11.9. The van der Waals surface area contributed by atoms with E-state index >= 15 is 0 Å². The second-order valence-electron chi connectivity index (χ2n) is 5.33. The van der Waals surface area contributed by atoms with Crippen molar-refractivity contribution in [1.82, 2.24) is 5.32 Å². The van der Waals surface area contributed by atoms with E-state index in [2.05, 4.69) is 5.32 Å². The first-order valence-corrected chi connectivity index (χ1v) is 6.29. The van der Waals surface area contributed by atoms with Crippen molar-refractivity contribution >= 4 is 11.6 Å². The number of carbonyl (C=O) groups is 1. The zero-order valence-corrected chi connectivity index (χ0v) is 11.9. The van der Waals surface area contributed by atoms with E-state index in [9.17, 15) is 9.18 Å². The van der Waals surface area contributed by atoms with Crippen molar-refractivity contribution in [1.29, 1.82) is 0 Å². The van der Waals surface area contributed by atoms with Gasteiger partial charge in [-0.2, -0.15) is 0 Å². The van der Waals surface area contributed by atoms with Gasteiger partial charge in [-0.3, -0.25) is 10.1 Å². The van der Waals surface area contributed by atoms with Crippen LogP contribution in [0.4, 0.5) is 10.1 Å². The van der Waals surface area contributed by atoms with E-state index < -0.39 is 11.4 Å². The molecule has 1 aromatic rings. The van der Waals surface area contributed by atoms with Gasteiger partial charge in [-0.05, 0) is 39.0 Å². The van der Waals surface area contributed by atoms with Crippen molar-refractivity contribution in [2.45, 2.75) is 32.4 Å². The number of hydrogen-bond donors (Lipinski definition) is 2. The molecule has 0 aliphatic carbocycles. The molecule has 0 radical (unpaired) electrons. The number of carbonyl (C=O) groups excluding carboxylic acids is 1. The van der Waals surface area contributed by atoms with Crippen molar-refractivity contribution in [2.75, 3.05) is 18.5 Å². The number of nitrogens with zero attached hydrogens (tertiary/aromatic N) is 1. The van der Waals surface area contributed by atoms with Gasteiger partial charge >= 0.3 is 0 Å². The molecule has 0 aliphatic rings. The number of likely N-dealkylation sites (N-methyl/N-ethyl adjacent to an activating group) is 1. The Hall–Kier alpha value is -1.62. The third kappa shape index (κ3) is 4.21. The summed E-state index contributed by atoms with van der Waals surface area (Å²) in [5, 5.41) is 3.16. The van der Waals surface area contributed by atoms with Crippen molar-refractivity contribution in [2.24, 2.45) is 5.73 Å². The number of primary amides is 1. The van der Waals surface area contributed by atoms with Crippen molar-refractivity contribution in [3.05, 3.63) is 30.1 Å². The first-order valence-electron chi connectivity index (χ1n) is 6.29. The summed E-state index contributed by atoms with van der Waals surface area (Å²) >= 11 is 0. The SMILES string of the molecule is CC(C)NC(C)(CN(C)c1cccc(F)c1)C(N)=O. The molecular formula is C14H22FN3O. The van der Waals surface area contributed by atoms with Crippen LogP contribution in [0.1, 0.15) is 20.8 Å². The zero-order chi connectivity index (χ0) is 14.6. The topological polar surface area (TPSA) is 58.4 Å². The van der Waals surface area contributed by atoms with Crippen molar-refractivity contribution < 1.29 is 9.18 Å². The number of halogens is 1. The van der Waals surface area contributed by atoms with Gasteiger partial charge in [-0.15, -0.1) is 0 Å². The monoisotopic (exact) mass is 267 g/mol. The van der Waals surface area contributed by atoms with Crippen LogP contribution in [0.5, 0.6) is 0 Å². The highest BCUT2D eigenvalue weighted by atomic mass is 19.1. The number of amides is 1. The predicted molar refractivity (Wildman–Crippen MR) is 75.5 cm³/mol. The molecule has 0 fully saturated rings. The van der Waals surface area contributed by atoms with E-state index in [1.54, 1.807) is 26.1 Å². The lowest BCUT2D eigenvalue weighted by molar-refractivity contribution is -0.123. The maximum absolute atomic E-state index is 13.2. The molecule has 0 bridgehead atoms. The summed E-state index contributed by atoms with van der Waals surface area (Å²) in [4.78, 5) is 13.5. The molecule has 1 amide bonds. The van der Waals surface area contributed by atoms with E-state index in [4.69, 9.17) is 5.73 Å². The third-order valence-electron chi connectivity index (χ3n) is 2.95. The van der Waals surface area contributed by atoms with Crippen LogP contribution >= 0.6 is 0 Å². The van der Waals surface area contributed by atoms with Gasteiger partial charge in [0.05, 0.1) is 0 Å². The molecule has 1 unspecified atom stereocenters. The highest BCUT2D eigenvalue weighted by molar-refractivity contribution is 5.85. The molecule has 19 heavy (non-hydrogen) atoms. The van der Waals surface area contributed by atoms with Gasteiger partial charge in [0.15, 0.2) is 0 Å².